The molecule has 2 aromatic heterocycles. The van der Waals surface area contributed by atoms with Crippen molar-refractivity contribution in [1.82, 2.24) is 19.5 Å². The highest BCUT2D eigenvalue weighted by atomic mass is 16.6. The number of aliphatic hydroxyl groups excluding tert-OH is 2. The van der Waals surface area contributed by atoms with Crippen LogP contribution in [0.15, 0.2) is 11.1 Å². The third-order valence-electron chi connectivity index (χ3n) is 4.76. The highest BCUT2D eigenvalue weighted by Crippen LogP contribution is 2.67. The number of nitrogens with two attached hydrogens (primary N) is 1. The normalized spacial score (nSPS) is 40.1. The standard InChI is InChI=1S/C12H15N5O5/c1-11-9(12(11,21)6(19)4(2-18)22-11)17-3-14-5-7(17)15-10(13)16-8(5)20/h3-4,6,9,18-19,21H,2H2,1H3,(H3,13,15,16,20)/t4-,6+,9-,11?,12-/m1/s1. The number of nitrogens with zero attached hydrogens (tertiary/aromatic N) is 3. The predicted molar refractivity (Wildman–Crippen MR) is 72.9 cm³/mol. The minimum Gasteiger partial charge on any atom is -0.394 e. The van der Waals surface area contributed by atoms with E-state index in [1.165, 1.54) is 10.9 Å². The highest BCUT2D eigenvalue weighted by Gasteiger charge is 2.85. The molecule has 10 nitrogen and oxygen atoms in total. The number of imidazole rings is 1. The summed E-state index contributed by atoms with van der Waals surface area (Å²) in [6.07, 6.45) is -0.769. The van der Waals surface area contributed by atoms with Gasteiger partial charge in [-0.3, -0.25) is 9.78 Å². The van der Waals surface area contributed by atoms with Crippen LogP contribution in [0.25, 0.3) is 11.2 Å². The second-order valence-corrected chi connectivity index (χ2v) is 5.89. The first-order valence-corrected chi connectivity index (χ1v) is 6.76. The van der Waals surface area contributed by atoms with Crippen LogP contribution in [-0.4, -0.2) is 64.9 Å². The van der Waals surface area contributed by atoms with Gasteiger partial charge in [0.1, 0.15) is 29.5 Å². The number of aromatic amines is 1. The quantitative estimate of drug-likeness (QED) is 0.407. The molecular formula is C12H15N5O5. The lowest BCUT2D eigenvalue weighted by atomic mass is 10.1. The third-order valence-corrected chi connectivity index (χ3v) is 4.76. The van der Waals surface area contributed by atoms with Gasteiger partial charge < -0.3 is 30.4 Å². The van der Waals surface area contributed by atoms with E-state index < -0.39 is 41.6 Å². The molecule has 1 aliphatic heterocycles. The van der Waals surface area contributed by atoms with Crippen LogP contribution in [0, 0.1) is 0 Å². The predicted octanol–water partition coefficient (Wildman–Crippen LogP) is -2.50. The first-order chi connectivity index (χ1) is 10.3. The van der Waals surface area contributed by atoms with Crippen LogP contribution in [-0.2, 0) is 4.74 Å². The summed E-state index contributed by atoms with van der Waals surface area (Å²) in [6.45, 7) is 1.22. The van der Waals surface area contributed by atoms with Crippen LogP contribution >= 0.6 is 0 Å². The Morgan fingerprint density at radius 3 is 2.91 bits per heavy atom. The van der Waals surface area contributed by atoms with Crippen LogP contribution < -0.4 is 11.3 Å². The molecule has 2 aromatic rings. The molecule has 4 rings (SSSR count). The van der Waals surface area contributed by atoms with E-state index in [4.69, 9.17) is 10.5 Å². The largest absolute Gasteiger partial charge is 0.394 e. The van der Waals surface area contributed by atoms with Gasteiger partial charge in [-0.05, 0) is 6.92 Å². The molecule has 2 fully saturated rings. The van der Waals surface area contributed by atoms with Crippen molar-refractivity contribution in [2.45, 2.75) is 36.4 Å². The molecule has 1 unspecified atom stereocenters. The van der Waals surface area contributed by atoms with Gasteiger partial charge in [0.15, 0.2) is 11.2 Å². The van der Waals surface area contributed by atoms with Crippen molar-refractivity contribution in [2.75, 3.05) is 12.3 Å². The summed E-state index contributed by atoms with van der Waals surface area (Å²) in [5, 5.41) is 30.1. The van der Waals surface area contributed by atoms with E-state index in [0.29, 0.717) is 0 Å². The Hall–Kier alpha value is -2.01. The van der Waals surface area contributed by atoms with Crippen LogP contribution in [0.2, 0.25) is 0 Å². The fourth-order valence-electron chi connectivity index (χ4n) is 3.60. The molecular weight excluding hydrogens is 294 g/mol. The second-order valence-electron chi connectivity index (χ2n) is 5.89. The van der Waals surface area contributed by atoms with E-state index in [1.807, 2.05) is 0 Å². The number of hydrogen-bond acceptors (Lipinski definition) is 8. The van der Waals surface area contributed by atoms with Gasteiger partial charge in [-0.25, -0.2) is 4.98 Å². The Morgan fingerprint density at radius 2 is 2.32 bits per heavy atom. The molecule has 22 heavy (non-hydrogen) atoms. The Bertz CT molecular complexity index is 833. The number of aromatic nitrogens is 4. The number of aliphatic hydroxyl groups is 3. The van der Waals surface area contributed by atoms with Crippen LogP contribution in [0.5, 0.6) is 0 Å². The van der Waals surface area contributed by atoms with Gasteiger partial charge in [-0.2, -0.15) is 4.98 Å². The van der Waals surface area contributed by atoms with E-state index in [2.05, 4.69) is 15.0 Å². The molecule has 1 saturated carbocycles. The molecule has 1 saturated heterocycles. The zero-order valence-electron chi connectivity index (χ0n) is 11.6. The van der Waals surface area contributed by atoms with E-state index in [9.17, 15) is 20.1 Å². The molecule has 118 valence electrons. The maximum Gasteiger partial charge on any atom is 0.280 e. The van der Waals surface area contributed by atoms with Crippen molar-refractivity contribution in [1.29, 1.82) is 0 Å². The average Bonchev–Trinajstić information content (AvgIpc) is 2.75. The Kier molecular flexibility index (Phi) is 2.38. The molecule has 0 aromatic carbocycles. The monoisotopic (exact) mass is 309 g/mol. The van der Waals surface area contributed by atoms with Crippen LogP contribution in [0.4, 0.5) is 5.95 Å². The molecule has 0 radical (unpaired) electrons. The summed E-state index contributed by atoms with van der Waals surface area (Å²) >= 11 is 0. The van der Waals surface area contributed by atoms with Gasteiger partial charge in [-0.15, -0.1) is 0 Å². The first kappa shape index (κ1) is 13.6. The molecule has 0 spiro atoms. The number of hydrogen-bond donors (Lipinski definition) is 5. The third kappa shape index (κ3) is 1.31. The van der Waals surface area contributed by atoms with Crippen molar-refractivity contribution in [2.24, 2.45) is 0 Å². The minimum absolute atomic E-state index is 0.0723. The summed E-state index contributed by atoms with van der Waals surface area (Å²) < 4.78 is 7.06. The zero-order valence-corrected chi connectivity index (χ0v) is 11.6. The van der Waals surface area contributed by atoms with Gasteiger partial charge in [0.05, 0.1) is 12.9 Å². The summed E-state index contributed by atoms with van der Waals surface area (Å²) in [6, 6.07) is -0.684. The summed E-state index contributed by atoms with van der Waals surface area (Å²) in [5.74, 6) is -0.0723. The number of nitrogen functional groups attached to an aromatic ring is 1. The maximum atomic E-state index is 11.8. The van der Waals surface area contributed by atoms with Crippen LogP contribution in [0.1, 0.15) is 13.0 Å². The fourth-order valence-corrected chi connectivity index (χ4v) is 3.60. The first-order valence-electron chi connectivity index (χ1n) is 6.76. The molecule has 1 aliphatic carbocycles. The van der Waals surface area contributed by atoms with Crippen molar-refractivity contribution in [3.8, 4) is 0 Å². The van der Waals surface area contributed by atoms with Crippen molar-refractivity contribution in [3.63, 3.8) is 0 Å². The highest BCUT2D eigenvalue weighted by molar-refractivity contribution is 5.71. The fraction of sp³-hybridized carbons (Fsp3) is 0.583. The van der Waals surface area contributed by atoms with Gasteiger partial charge >= 0.3 is 0 Å². The van der Waals surface area contributed by atoms with E-state index in [0.717, 1.165) is 0 Å². The SMILES string of the molecule is CC12O[C@H](CO)[C@H](O)[C@@]1(O)[C@@H]2n1cnc2c(=O)[nH]c(N)nc21. The number of rotatable bonds is 2. The Balaban J connectivity index is 1.85. The lowest BCUT2D eigenvalue weighted by molar-refractivity contribution is -0.0726. The molecule has 2 aliphatic rings. The molecule has 3 heterocycles. The van der Waals surface area contributed by atoms with Crippen molar-refractivity contribution >= 4 is 17.1 Å². The molecule has 5 atom stereocenters. The number of fused-ring (bicyclic) bond motifs is 2. The van der Waals surface area contributed by atoms with Crippen molar-refractivity contribution in [3.05, 3.63) is 16.7 Å². The van der Waals surface area contributed by atoms with E-state index >= 15 is 0 Å². The van der Waals surface area contributed by atoms with Gasteiger partial charge in [0.2, 0.25) is 5.95 Å². The maximum absolute atomic E-state index is 11.8. The zero-order chi connectivity index (χ0) is 15.9. The minimum atomic E-state index is -1.59. The number of nitrogens with one attached hydrogen (secondary N) is 1. The van der Waals surface area contributed by atoms with Gasteiger partial charge in [0.25, 0.3) is 5.56 Å². The summed E-state index contributed by atoms with van der Waals surface area (Å²) in [4.78, 5) is 22.2. The molecule has 0 bridgehead atoms. The topological polar surface area (TPSA) is 160 Å². The lowest BCUT2D eigenvalue weighted by Gasteiger charge is -2.21. The van der Waals surface area contributed by atoms with Gasteiger partial charge in [-0.1, -0.05) is 0 Å². The van der Waals surface area contributed by atoms with E-state index in [-0.39, 0.29) is 17.1 Å². The molecule has 6 N–H and O–H groups in total. The molecule has 0 amide bonds. The molecule has 10 heteroatoms. The summed E-state index contributed by atoms with van der Waals surface area (Å²) in [7, 11) is 0. The number of H-pyrrole nitrogens is 1. The van der Waals surface area contributed by atoms with E-state index in [1.54, 1.807) is 6.92 Å². The number of anilines is 1. The smallest absolute Gasteiger partial charge is 0.280 e. The second kappa shape index (κ2) is 3.84. The van der Waals surface area contributed by atoms with Crippen molar-refractivity contribution < 1.29 is 20.1 Å². The average molecular weight is 309 g/mol. The summed E-state index contributed by atoms with van der Waals surface area (Å²) in [5.41, 5.74) is 2.64. The van der Waals surface area contributed by atoms with Crippen LogP contribution in [0.3, 0.4) is 0 Å². The van der Waals surface area contributed by atoms with Gasteiger partial charge in [0, 0.05) is 0 Å². The lowest BCUT2D eigenvalue weighted by Crippen LogP contribution is -2.39. The Labute approximate surface area is 123 Å². The Morgan fingerprint density at radius 1 is 1.59 bits per heavy atom. The number of ether oxygens (including phenoxy) is 1.